The molecule has 3 aliphatic rings. The zero-order chi connectivity index (χ0) is 23.6. The van der Waals surface area contributed by atoms with E-state index in [0.29, 0.717) is 18.8 Å². The summed E-state index contributed by atoms with van der Waals surface area (Å²) in [6, 6.07) is 7.30. The zero-order valence-electron chi connectivity index (χ0n) is 20.3. The van der Waals surface area contributed by atoms with Gasteiger partial charge in [0.1, 0.15) is 12.1 Å². The Labute approximate surface area is 197 Å². The Kier molecular flexibility index (Phi) is 6.68. The van der Waals surface area contributed by atoms with E-state index in [-0.39, 0.29) is 23.8 Å². The highest BCUT2D eigenvalue weighted by Gasteiger charge is 2.53. The minimum absolute atomic E-state index is 0.231. The minimum atomic E-state index is -0.844. The minimum Gasteiger partial charge on any atom is -0.370 e. The fraction of sp³-hybridized carbons (Fsp3) is 0.654. The highest BCUT2D eigenvalue weighted by atomic mass is 16.2. The van der Waals surface area contributed by atoms with Crippen molar-refractivity contribution in [3.05, 3.63) is 24.3 Å². The van der Waals surface area contributed by atoms with Crippen LogP contribution in [0.4, 0.5) is 16.2 Å². The Morgan fingerprint density at radius 3 is 2.45 bits per heavy atom. The predicted molar refractivity (Wildman–Crippen MR) is 130 cm³/mol. The number of urea groups is 1. The molecule has 1 aromatic carbocycles. The first-order chi connectivity index (χ1) is 15.8. The Morgan fingerprint density at radius 1 is 1.12 bits per heavy atom. The maximum Gasteiger partial charge on any atom is 0.325 e. The van der Waals surface area contributed by atoms with Crippen LogP contribution in [-0.2, 0) is 9.59 Å². The fourth-order valence-electron chi connectivity index (χ4n) is 5.66. The molecule has 1 aliphatic carbocycles. The summed E-state index contributed by atoms with van der Waals surface area (Å²) in [7, 11) is 0. The number of rotatable bonds is 6. The number of imide groups is 1. The molecule has 0 bridgehead atoms. The largest absolute Gasteiger partial charge is 0.370 e. The highest BCUT2D eigenvalue weighted by molar-refractivity contribution is 6.10. The van der Waals surface area contributed by atoms with Crippen LogP contribution < -0.4 is 15.5 Å². The third kappa shape index (κ3) is 4.73. The van der Waals surface area contributed by atoms with Crippen molar-refractivity contribution in [2.24, 2.45) is 11.3 Å². The number of hydrogen-bond acceptors (Lipinski definition) is 4. The first-order valence-corrected chi connectivity index (χ1v) is 12.5. The molecule has 7 nitrogen and oxygen atoms in total. The van der Waals surface area contributed by atoms with Crippen molar-refractivity contribution < 1.29 is 14.4 Å². The summed E-state index contributed by atoms with van der Waals surface area (Å²) >= 11 is 0. The van der Waals surface area contributed by atoms with Crippen LogP contribution in [0.5, 0.6) is 0 Å². The van der Waals surface area contributed by atoms with Crippen molar-refractivity contribution >= 4 is 29.2 Å². The zero-order valence-corrected chi connectivity index (χ0v) is 20.3. The van der Waals surface area contributed by atoms with E-state index in [1.165, 1.54) is 6.42 Å². The molecule has 33 heavy (non-hydrogen) atoms. The number of benzene rings is 1. The van der Waals surface area contributed by atoms with Crippen LogP contribution in [0, 0.1) is 11.3 Å². The molecule has 2 aliphatic heterocycles. The molecule has 2 saturated heterocycles. The van der Waals surface area contributed by atoms with E-state index >= 15 is 0 Å². The van der Waals surface area contributed by atoms with Crippen molar-refractivity contribution in [2.45, 2.75) is 77.7 Å². The Hall–Kier alpha value is -2.57. The molecule has 4 amide bonds. The average molecular weight is 455 g/mol. The molecule has 1 saturated carbocycles. The second-order valence-corrected chi connectivity index (χ2v) is 10.6. The van der Waals surface area contributed by atoms with Gasteiger partial charge in [-0.2, -0.15) is 0 Å². The topological polar surface area (TPSA) is 81.8 Å². The van der Waals surface area contributed by atoms with Gasteiger partial charge in [0.15, 0.2) is 0 Å². The molecule has 1 aromatic rings. The molecule has 4 rings (SSSR count). The van der Waals surface area contributed by atoms with Crippen LogP contribution in [0.2, 0.25) is 0 Å². The lowest BCUT2D eigenvalue weighted by atomic mass is 9.65. The summed E-state index contributed by atoms with van der Waals surface area (Å²) < 4.78 is 0. The van der Waals surface area contributed by atoms with Gasteiger partial charge in [-0.25, -0.2) is 4.79 Å². The monoisotopic (exact) mass is 454 g/mol. The number of carbonyl (C=O) groups excluding carboxylic acids is 3. The van der Waals surface area contributed by atoms with Gasteiger partial charge in [-0.15, -0.1) is 0 Å². The van der Waals surface area contributed by atoms with Gasteiger partial charge in [-0.1, -0.05) is 39.3 Å². The van der Waals surface area contributed by atoms with Gasteiger partial charge < -0.3 is 15.5 Å². The predicted octanol–water partition coefficient (Wildman–Crippen LogP) is 4.53. The van der Waals surface area contributed by atoms with Crippen molar-refractivity contribution in [3.63, 3.8) is 0 Å². The van der Waals surface area contributed by atoms with E-state index in [0.717, 1.165) is 61.5 Å². The lowest BCUT2D eigenvalue weighted by molar-refractivity contribution is -0.135. The first kappa shape index (κ1) is 23.6. The smallest absolute Gasteiger partial charge is 0.325 e. The molecule has 0 unspecified atom stereocenters. The molecule has 2 heterocycles. The number of hydrogen-bond donors (Lipinski definition) is 2. The van der Waals surface area contributed by atoms with E-state index in [9.17, 15) is 14.4 Å². The molecule has 1 spiro atoms. The number of para-hydroxylation sites is 2. The van der Waals surface area contributed by atoms with Gasteiger partial charge >= 0.3 is 6.03 Å². The van der Waals surface area contributed by atoms with Crippen LogP contribution in [0.1, 0.15) is 72.1 Å². The van der Waals surface area contributed by atoms with E-state index in [2.05, 4.69) is 36.3 Å². The molecular weight excluding hydrogens is 416 g/mol. The van der Waals surface area contributed by atoms with Gasteiger partial charge in [0.25, 0.3) is 5.91 Å². The van der Waals surface area contributed by atoms with E-state index in [1.54, 1.807) is 0 Å². The van der Waals surface area contributed by atoms with Gasteiger partial charge in [-0.3, -0.25) is 14.5 Å². The maximum atomic E-state index is 13.3. The molecule has 0 radical (unpaired) electrons. The van der Waals surface area contributed by atoms with E-state index < -0.39 is 11.6 Å². The maximum absolute atomic E-state index is 13.3. The summed E-state index contributed by atoms with van der Waals surface area (Å²) in [6.45, 7) is 8.45. The van der Waals surface area contributed by atoms with Crippen LogP contribution >= 0.6 is 0 Å². The number of nitrogens with one attached hydrogen (secondary N) is 2. The average Bonchev–Trinajstić information content (AvgIpc) is 3.04. The lowest BCUT2D eigenvalue weighted by Gasteiger charge is -2.42. The molecule has 0 atom stereocenters. The Balaban J connectivity index is 1.40. The van der Waals surface area contributed by atoms with Crippen molar-refractivity contribution in [3.8, 4) is 0 Å². The van der Waals surface area contributed by atoms with E-state index in [1.807, 2.05) is 24.3 Å². The number of carbonyl (C=O) groups is 3. The van der Waals surface area contributed by atoms with Crippen LogP contribution in [0.15, 0.2) is 24.3 Å². The standard InChI is InChI=1S/C26H38N4O3/c1-4-25(2,3)19-12-14-26(15-13-19)23(32)30(24(33)28-26)18-22(31)27-20-10-6-7-11-21(20)29-16-8-5-9-17-29/h6-7,10-11,19H,4-5,8-9,12-18H2,1-3H3,(H,27,31)(H,28,33). The second kappa shape index (κ2) is 9.35. The molecular formula is C26H38N4O3. The lowest BCUT2D eigenvalue weighted by Crippen LogP contribution is -2.51. The SMILES string of the molecule is CCC(C)(C)C1CCC2(CC1)NC(=O)N(CC(=O)Nc1ccccc1N1CCCCC1)C2=O. The highest BCUT2D eigenvalue weighted by Crippen LogP contribution is 2.45. The van der Waals surface area contributed by atoms with Crippen LogP contribution in [0.25, 0.3) is 0 Å². The van der Waals surface area contributed by atoms with Crippen LogP contribution in [0.3, 0.4) is 0 Å². The number of piperidine rings is 1. The Morgan fingerprint density at radius 2 is 1.79 bits per heavy atom. The molecule has 3 fully saturated rings. The number of amides is 4. The van der Waals surface area contributed by atoms with E-state index in [4.69, 9.17) is 0 Å². The second-order valence-electron chi connectivity index (χ2n) is 10.6. The summed E-state index contributed by atoms with van der Waals surface area (Å²) in [5, 5.41) is 5.89. The molecule has 180 valence electrons. The van der Waals surface area contributed by atoms with Crippen molar-refractivity contribution in [1.82, 2.24) is 10.2 Å². The van der Waals surface area contributed by atoms with Crippen molar-refractivity contribution in [2.75, 3.05) is 29.9 Å². The Bertz CT molecular complexity index is 899. The van der Waals surface area contributed by atoms with Gasteiger partial charge in [0.05, 0.1) is 11.4 Å². The normalized spacial score (nSPS) is 26.0. The molecule has 0 aromatic heterocycles. The summed E-state index contributed by atoms with van der Waals surface area (Å²) in [5.74, 6) is -0.0537. The van der Waals surface area contributed by atoms with Gasteiger partial charge in [0, 0.05) is 13.1 Å². The van der Waals surface area contributed by atoms with Gasteiger partial charge in [0.2, 0.25) is 5.91 Å². The van der Waals surface area contributed by atoms with Crippen molar-refractivity contribution in [1.29, 1.82) is 0 Å². The van der Waals surface area contributed by atoms with Crippen LogP contribution in [-0.4, -0.2) is 47.9 Å². The first-order valence-electron chi connectivity index (χ1n) is 12.5. The fourth-order valence-corrected chi connectivity index (χ4v) is 5.66. The molecule has 2 N–H and O–H groups in total. The van der Waals surface area contributed by atoms with Gasteiger partial charge in [-0.05, 0) is 68.4 Å². The summed E-state index contributed by atoms with van der Waals surface area (Å²) in [6.07, 6.45) is 7.72. The summed E-state index contributed by atoms with van der Waals surface area (Å²) in [4.78, 5) is 42.3. The third-order valence-corrected chi connectivity index (χ3v) is 8.28. The quantitative estimate of drug-likeness (QED) is 0.619. The number of nitrogens with zero attached hydrogens (tertiary/aromatic N) is 2. The molecule has 7 heteroatoms. The summed E-state index contributed by atoms with van der Waals surface area (Å²) in [5.41, 5.74) is 1.11. The third-order valence-electron chi connectivity index (χ3n) is 8.28. The number of anilines is 2.